The highest BCUT2D eigenvalue weighted by atomic mass is 16.4. The van der Waals surface area contributed by atoms with Crippen molar-refractivity contribution in [3.63, 3.8) is 0 Å². The number of aryl methyl sites for hydroxylation is 1. The first-order valence-electron chi connectivity index (χ1n) is 9.15. The number of H-pyrrole nitrogens is 1. The number of aromatic amines is 1. The Morgan fingerprint density at radius 2 is 1.96 bits per heavy atom. The van der Waals surface area contributed by atoms with E-state index in [2.05, 4.69) is 5.10 Å². The van der Waals surface area contributed by atoms with Gasteiger partial charge >= 0.3 is 5.97 Å². The van der Waals surface area contributed by atoms with Gasteiger partial charge in [0.05, 0.1) is 22.7 Å². The van der Waals surface area contributed by atoms with Gasteiger partial charge in [0.1, 0.15) is 0 Å². The maximum Gasteiger partial charge on any atom is 0.311 e. The van der Waals surface area contributed by atoms with Crippen molar-refractivity contribution in [2.45, 2.75) is 32.2 Å². The fraction of sp³-hybridized carbons (Fsp3) is 0.474. The van der Waals surface area contributed by atoms with Crippen molar-refractivity contribution in [2.75, 3.05) is 13.1 Å². The van der Waals surface area contributed by atoms with Gasteiger partial charge in [0, 0.05) is 19.5 Å². The molecule has 27 heavy (non-hydrogen) atoms. The molecule has 2 fully saturated rings. The molecule has 0 bridgehead atoms. The van der Waals surface area contributed by atoms with Crippen LogP contribution in [0.15, 0.2) is 33.9 Å². The lowest BCUT2D eigenvalue weighted by Crippen LogP contribution is -2.38. The summed E-state index contributed by atoms with van der Waals surface area (Å²) >= 11 is 0. The van der Waals surface area contributed by atoms with Crippen LogP contribution in [-0.2, 0) is 16.1 Å². The molecule has 0 radical (unpaired) electrons. The van der Waals surface area contributed by atoms with E-state index in [9.17, 15) is 24.3 Å². The topological polar surface area (TPSA) is 112 Å². The molecule has 142 valence electrons. The van der Waals surface area contributed by atoms with E-state index in [1.807, 2.05) is 0 Å². The third-order valence-corrected chi connectivity index (χ3v) is 6.08. The van der Waals surface area contributed by atoms with Gasteiger partial charge in [-0.2, -0.15) is 0 Å². The van der Waals surface area contributed by atoms with Crippen LogP contribution in [0, 0.1) is 11.3 Å². The van der Waals surface area contributed by atoms with E-state index in [-0.39, 0.29) is 42.5 Å². The van der Waals surface area contributed by atoms with Crippen LogP contribution >= 0.6 is 0 Å². The van der Waals surface area contributed by atoms with Crippen LogP contribution in [0.4, 0.5) is 0 Å². The SMILES string of the molecule is O=C(CCn1[nH]c(=O)c2ccccc2c1=O)N1C[C@@H]2CCC[C@@]2(C(=O)O)C1. The van der Waals surface area contributed by atoms with Crippen LogP contribution in [0.3, 0.4) is 0 Å². The summed E-state index contributed by atoms with van der Waals surface area (Å²) in [5.74, 6) is -1.01. The molecule has 2 heterocycles. The van der Waals surface area contributed by atoms with Gasteiger partial charge < -0.3 is 10.0 Å². The number of aromatic nitrogens is 2. The minimum absolute atomic E-state index is 0.00199. The van der Waals surface area contributed by atoms with Crippen molar-refractivity contribution >= 4 is 22.6 Å². The number of aliphatic carboxylic acids is 1. The molecule has 1 amide bonds. The molecule has 1 aliphatic heterocycles. The molecule has 1 aromatic heterocycles. The number of rotatable bonds is 4. The highest BCUT2D eigenvalue weighted by Crippen LogP contribution is 2.48. The van der Waals surface area contributed by atoms with E-state index >= 15 is 0 Å². The average Bonchev–Trinajstić information content (AvgIpc) is 3.22. The number of amides is 1. The van der Waals surface area contributed by atoms with Gasteiger partial charge in [0.15, 0.2) is 0 Å². The van der Waals surface area contributed by atoms with E-state index in [0.29, 0.717) is 23.7 Å². The number of likely N-dealkylation sites (tertiary alicyclic amines) is 1. The summed E-state index contributed by atoms with van der Waals surface area (Å²) in [4.78, 5) is 50.6. The van der Waals surface area contributed by atoms with Crippen LogP contribution in [0.2, 0.25) is 0 Å². The second-order valence-corrected chi connectivity index (χ2v) is 7.52. The molecule has 0 unspecified atom stereocenters. The van der Waals surface area contributed by atoms with Gasteiger partial charge in [0.25, 0.3) is 11.1 Å². The molecule has 1 saturated heterocycles. The van der Waals surface area contributed by atoms with E-state index in [1.54, 1.807) is 29.2 Å². The summed E-state index contributed by atoms with van der Waals surface area (Å²) in [6.45, 7) is 0.738. The first-order chi connectivity index (χ1) is 12.9. The zero-order valence-electron chi connectivity index (χ0n) is 14.8. The number of carbonyl (C=O) groups excluding carboxylic acids is 1. The van der Waals surface area contributed by atoms with Gasteiger partial charge in [-0.1, -0.05) is 18.6 Å². The Labute approximate surface area is 154 Å². The monoisotopic (exact) mass is 371 g/mol. The number of carboxylic acid groups (broad SMARTS) is 1. The average molecular weight is 371 g/mol. The van der Waals surface area contributed by atoms with Crippen molar-refractivity contribution in [1.82, 2.24) is 14.7 Å². The molecule has 8 heteroatoms. The highest BCUT2D eigenvalue weighted by molar-refractivity contribution is 5.82. The Hall–Kier alpha value is -2.90. The zero-order valence-corrected chi connectivity index (χ0v) is 14.8. The smallest absolute Gasteiger partial charge is 0.311 e. The van der Waals surface area contributed by atoms with Crippen LogP contribution < -0.4 is 11.1 Å². The zero-order chi connectivity index (χ0) is 19.2. The summed E-state index contributed by atoms with van der Waals surface area (Å²) in [6, 6.07) is 6.54. The van der Waals surface area contributed by atoms with Crippen molar-refractivity contribution in [1.29, 1.82) is 0 Å². The number of nitrogens with one attached hydrogen (secondary N) is 1. The van der Waals surface area contributed by atoms with Gasteiger partial charge in [-0.15, -0.1) is 0 Å². The molecular weight excluding hydrogens is 350 g/mol. The summed E-state index contributed by atoms with van der Waals surface area (Å²) in [5, 5.41) is 12.8. The molecular formula is C19H21N3O5. The third-order valence-electron chi connectivity index (χ3n) is 6.08. The molecule has 8 nitrogen and oxygen atoms in total. The summed E-state index contributed by atoms with van der Waals surface area (Å²) in [6.07, 6.45) is 2.35. The summed E-state index contributed by atoms with van der Waals surface area (Å²) in [5.41, 5.74) is -1.54. The molecule has 2 aromatic rings. The quantitative estimate of drug-likeness (QED) is 0.825. The lowest BCUT2D eigenvalue weighted by atomic mass is 9.81. The fourth-order valence-electron chi connectivity index (χ4n) is 4.60. The van der Waals surface area contributed by atoms with E-state index in [4.69, 9.17) is 0 Å². The van der Waals surface area contributed by atoms with E-state index in [1.165, 1.54) is 0 Å². The molecule has 4 rings (SSSR count). The minimum Gasteiger partial charge on any atom is -0.481 e. The van der Waals surface area contributed by atoms with Crippen molar-refractivity contribution in [3.8, 4) is 0 Å². The minimum atomic E-state index is -0.824. The van der Waals surface area contributed by atoms with Crippen molar-refractivity contribution in [3.05, 3.63) is 45.0 Å². The van der Waals surface area contributed by atoms with E-state index < -0.39 is 11.4 Å². The molecule has 2 aliphatic rings. The highest BCUT2D eigenvalue weighted by Gasteiger charge is 2.55. The summed E-state index contributed by atoms with van der Waals surface area (Å²) < 4.78 is 1.16. The first-order valence-corrected chi connectivity index (χ1v) is 9.15. The number of nitrogens with zero attached hydrogens (tertiary/aromatic N) is 2. The Morgan fingerprint density at radius 3 is 2.67 bits per heavy atom. The van der Waals surface area contributed by atoms with Crippen molar-refractivity contribution < 1.29 is 14.7 Å². The van der Waals surface area contributed by atoms with Gasteiger partial charge in [-0.3, -0.25) is 24.3 Å². The standard InChI is InChI=1S/C19H21N3O5/c23-15(21-10-12-4-3-8-19(12,11-21)18(26)27)7-9-22-17(25)14-6-2-1-5-13(14)16(24)20-22/h1-2,5-6,12H,3-4,7-11H2,(H,20,24)(H,26,27)/t12-,19+/m0/s1. The van der Waals surface area contributed by atoms with Crippen molar-refractivity contribution in [2.24, 2.45) is 11.3 Å². The van der Waals surface area contributed by atoms with Gasteiger partial charge in [0.2, 0.25) is 5.91 Å². The summed E-state index contributed by atoms with van der Waals surface area (Å²) in [7, 11) is 0. The number of carboxylic acids is 1. The predicted octanol–water partition coefficient (Wildman–Crippen LogP) is 0.793. The Morgan fingerprint density at radius 1 is 1.22 bits per heavy atom. The van der Waals surface area contributed by atoms with Crippen LogP contribution in [0.5, 0.6) is 0 Å². The van der Waals surface area contributed by atoms with Gasteiger partial charge in [-0.05, 0) is 30.9 Å². The molecule has 0 spiro atoms. The molecule has 2 N–H and O–H groups in total. The second kappa shape index (κ2) is 6.37. The number of benzene rings is 1. The number of fused-ring (bicyclic) bond motifs is 2. The first kappa shape index (κ1) is 17.5. The maximum absolute atomic E-state index is 12.6. The van der Waals surface area contributed by atoms with Crippen LogP contribution in [0.1, 0.15) is 25.7 Å². The third kappa shape index (κ3) is 2.75. The normalized spacial score (nSPS) is 24.3. The lowest BCUT2D eigenvalue weighted by molar-refractivity contribution is -0.149. The molecule has 1 saturated carbocycles. The fourth-order valence-corrected chi connectivity index (χ4v) is 4.60. The molecule has 1 aromatic carbocycles. The van der Waals surface area contributed by atoms with E-state index in [0.717, 1.165) is 17.5 Å². The largest absolute Gasteiger partial charge is 0.481 e. The Balaban J connectivity index is 1.50. The predicted molar refractivity (Wildman–Crippen MR) is 97.4 cm³/mol. The Bertz CT molecular complexity index is 1040. The van der Waals surface area contributed by atoms with Crippen LogP contribution in [-0.4, -0.2) is 44.8 Å². The number of carbonyl (C=O) groups is 2. The lowest BCUT2D eigenvalue weighted by Gasteiger charge is -2.23. The maximum atomic E-state index is 12.6. The number of hydrogen-bond donors (Lipinski definition) is 2. The second-order valence-electron chi connectivity index (χ2n) is 7.52. The van der Waals surface area contributed by atoms with Gasteiger partial charge in [-0.25, -0.2) is 4.68 Å². The number of hydrogen-bond acceptors (Lipinski definition) is 4. The Kier molecular flexibility index (Phi) is 4.13. The van der Waals surface area contributed by atoms with Crippen LogP contribution in [0.25, 0.3) is 10.8 Å². The molecule has 1 aliphatic carbocycles. The molecule has 2 atom stereocenters.